The van der Waals surface area contributed by atoms with E-state index in [0.29, 0.717) is 12.8 Å². The number of carbonyl (C=O) groups excluding carboxylic acids is 2. The molecule has 0 saturated heterocycles. The third kappa shape index (κ3) is 3.71. The third-order valence-electron chi connectivity index (χ3n) is 6.88. The minimum Gasteiger partial charge on any atom is -0.286 e. The van der Waals surface area contributed by atoms with Crippen LogP contribution in [-0.2, 0) is 9.59 Å². The topological polar surface area (TPSA) is 59.9 Å². The second-order valence-electron chi connectivity index (χ2n) is 8.85. The monoisotopic (exact) mass is 498 g/mol. The largest absolute Gasteiger partial charge is 0.286 e. The Kier molecular flexibility index (Phi) is 5.68. The summed E-state index contributed by atoms with van der Waals surface area (Å²) in [5.41, 5.74) is 0.799. The second kappa shape index (κ2) is 8.24. The standard InChI is InChI=1S/C24H22N2O2S4/c1-23(2)14(19(27)31-21-25-15-8-4-6-10-17(15)29-21)12-13-24(23,3)20(28)32-22-26-16-9-5-7-11-18(16)30-22/h4-11,14H,12-13H2,1-3H3. The van der Waals surface area contributed by atoms with E-state index in [1.165, 1.54) is 23.5 Å². The van der Waals surface area contributed by atoms with Crippen molar-refractivity contribution in [1.82, 2.24) is 9.97 Å². The number of rotatable bonds is 4. The first-order valence-electron chi connectivity index (χ1n) is 10.4. The van der Waals surface area contributed by atoms with Crippen molar-refractivity contribution in [3.8, 4) is 0 Å². The SMILES string of the molecule is CC1(C(=O)Sc2nc3ccccc3s2)CCC(C(=O)Sc2nc3ccccc3s2)C1(C)C. The van der Waals surface area contributed by atoms with Crippen LogP contribution in [-0.4, -0.2) is 20.2 Å². The number of hydrogen-bond acceptors (Lipinski definition) is 8. The van der Waals surface area contributed by atoms with Crippen molar-refractivity contribution in [3.05, 3.63) is 48.5 Å². The number of thioether (sulfide) groups is 2. The van der Waals surface area contributed by atoms with Gasteiger partial charge in [0.1, 0.15) is 0 Å². The summed E-state index contributed by atoms with van der Waals surface area (Å²) in [4.78, 5) is 36.0. The van der Waals surface area contributed by atoms with E-state index in [1.807, 2.05) is 55.5 Å². The van der Waals surface area contributed by atoms with Gasteiger partial charge in [0.05, 0.1) is 20.4 Å². The molecule has 0 bridgehead atoms. The molecule has 0 radical (unpaired) electrons. The molecule has 2 atom stereocenters. The fraction of sp³-hybridized carbons (Fsp3) is 0.333. The summed E-state index contributed by atoms with van der Waals surface area (Å²) in [6, 6.07) is 15.9. The lowest BCUT2D eigenvalue weighted by atomic mass is 9.67. The van der Waals surface area contributed by atoms with Crippen LogP contribution >= 0.6 is 46.2 Å². The van der Waals surface area contributed by atoms with Gasteiger partial charge in [-0.15, -0.1) is 22.7 Å². The first kappa shape index (κ1) is 22.1. The maximum atomic E-state index is 13.5. The zero-order valence-electron chi connectivity index (χ0n) is 18.0. The molecule has 1 fully saturated rings. The van der Waals surface area contributed by atoms with E-state index in [1.54, 1.807) is 22.7 Å². The van der Waals surface area contributed by atoms with Gasteiger partial charge in [-0.25, -0.2) is 9.97 Å². The summed E-state index contributed by atoms with van der Waals surface area (Å²) < 4.78 is 3.71. The van der Waals surface area contributed by atoms with Gasteiger partial charge in [0.15, 0.2) is 13.8 Å². The molecule has 1 aliphatic rings. The lowest BCUT2D eigenvalue weighted by Gasteiger charge is -2.39. The van der Waals surface area contributed by atoms with Crippen molar-refractivity contribution in [2.75, 3.05) is 0 Å². The van der Waals surface area contributed by atoms with Crippen LogP contribution in [0, 0.1) is 16.7 Å². The number of carbonyl (C=O) groups is 2. The molecule has 4 aromatic rings. The molecule has 164 valence electrons. The van der Waals surface area contributed by atoms with Crippen LogP contribution < -0.4 is 0 Å². The highest BCUT2D eigenvalue weighted by atomic mass is 32.2. The molecule has 2 unspecified atom stereocenters. The molecule has 5 rings (SSSR count). The summed E-state index contributed by atoms with van der Waals surface area (Å²) in [6.07, 6.45) is 1.42. The molecular weight excluding hydrogens is 477 g/mol. The number of benzene rings is 2. The lowest BCUT2D eigenvalue weighted by Crippen LogP contribution is -2.41. The minimum absolute atomic E-state index is 0.0989. The van der Waals surface area contributed by atoms with Crippen LogP contribution in [0.25, 0.3) is 20.4 Å². The molecule has 2 aromatic carbocycles. The zero-order chi connectivity index (χ0) is 22.5. The van der Waals surface area contributed by atoms with Gasteiger partial charge in [0.2, 0.25) is 5.12 Å². The quantitative estimate of drug-likeness (QED) is 0.275. The Bertz CT molecular complexity index is 1280. The van der Waals surface area contributed by atoms with E-state index >= 15 is 0 Å². The Balaban J connectivity index is 1.33. The fourth-order valence-corrected chi connectivity index (χ4v) is 8.92. The Labute approximate surface area is 203 Å². The molecule has 0 N–H and O–H groups in total. The Morgan fingerprint density at radius 1 is 0.875 bits per heavy atom. The van der Waals surface area contributed by atoms with Crippen LogP contribution in [0.2, 0.25) is 0 Å². The van der Waals surface area contributed by atoms with E-state index in [0.717, 1.165) is 29.1 Å². The van der Waals surface area contributed by atoms with Crippen molar-refractivity contribution in [1.29, 1.82) is 0 Å². The number of aromatic nitrogens is 2. The van der Waals surface area contributed by atoms with E-state index in [2.05, 4.69) is 23.8 Å². The van der Waals surface area contributed by atoms with Gasteiger partial charge >= 0.3 is 0 Å². The average Bonchev–Trinajstić information content (AvgIpc) is 3.41. The number of para-hydroxylation sites is 2. The van der Waals surface area contributed by atoms with Crippen LogP contribution in [0.1, 0.15) is 33.6 Å². The van der Waals surface area contributed by atoms with Crippen LogP contribution in [0.4, 0.5) is 0 Å². The highest BCUT2D eigenvalue weighted by molar-refractivity contribution is 8.15. The molecule has 1 saturated carbocycles. The van der Waals surface area contributed by atoms with Gasteiger partial charge in [0.25, 0.3) is 0 Å². The number of hydrogen-bond donors (Lipinski definition) is 0. The van der Waals surface area contributed by atoms with Gasteiger partial charge in [-0.1, -0.05) is 45.0 Å². The molecule has 0 amide bonds. The predicted molar refractivity (Wildman–Crippen MR) is 136 cm³/mol. The van der Waals surface area contributed by atoms with E-state index < -0.39 is 10.8 Å². The molecule has 4 nitrogen and oxygen atoms in total. The summed E-state index contributed by atoms with van der Waals surface area (Å²) in [5.74, 6) is -0.190. The van der Waals surface area contributed by atoms with Gasteiger partial charge in [-0.3, -0.25) is 9.59 Å². The molecule has 2 aromatic heterocycles. The van der Waals surface area contributed by atoms with Crippen molar-refractivity contribution in [2.45, 2.75) is 42.3 Å². The van der Waals surface area contributed by atoms with E-state index in [4.69, 9.17) is 0 Å². The molecular formula is C24H22N2O2S4. The summed E-state index contributed by atoms with van der Waals surface area (Å²) in [7, 11) is 0. The normalized spacial score (nSPS) is 22.5. The van der Waals surface area contributed by atoms with E-state index in [9.17, 15) is 9.59 Å². The number of fused-ring (bicyclic) bond motifs is 2. The van der Waals surface area contributed by atoms with Crippen LogP contribution in [0.15, 0.2) is 57.2 Å². The zero-order valence-corrected chi connectivity index (χ0v) is 21.2. The predicted octanol–water partition coefficient (Wildman–Crippen LogP) is 7.29. The number of thiazole rings is 2. The van der Waals surface area contributed by atoms with Crippen molar-refractivity contribution >= 4 is 76.9 Å². The first-order valence-corrected chi connectivity index (χ1v) is 13.7. The minimum atomic E-state index is -0.593. The third-order valence-corrected chi connectivity index (χ3v) is 11.2. The Morgan fingerprint density at radius 3 is 1.97 bits per heavy atom. The fourth-order valence-electron chi connectivity index (χ4n) is 4.42. The molecule has 0 aliphatic heterocycles. The van der Waals surface area contributed by atoms with Crippen molar-refractivity contribution < 1.29 is 9.59 Å². The lowest BCUT2D eigenvalue weighted by molar-refractivity contribution is -0.126. The summed E-state index contributed by atoms with van der Waals surface area (Å²) in [5, 5.41) is 0.206. The molecule has 2 heterocycles. The molecule has 8 heteroatoms. The number of nitrogens with zero attached hydrogens (tertiary/aromatic N) is 2. The van der Waals surface area contributed by atoms with Crippen molar-refractivity contribution in [2.24, 2.45) is 16.7 Å². The highest BCUT2D eigenvalue weighted by Crippen LogP contribution is 2.59. The average molecular weight is 499 g/mol. The molecule has 0 spiro atoms. The van der Waals surface area contributed by atoms with Crippen LogP contribution in [0.5, 0.6) is 0 Å². The van der Waals surface area contributed by atoms with Crippen LogP contribution in [0.3, 0.4) is 0 Å². The van der Waals surface area contributed by atoms with Gasteiger partial charge < -0.3 is 0 Å². The van der Waals surface area contributed by atoms with Crippen molar-refractivity contribution in [3.63, 3.8) is 0 Å². The summed E-state index contributed by atoms with van der Waals surface area (Å²) in [6.45, 7) is 6.15. The maximum Gasteiger partial charge on any atom is 0.202 e. The highest BCUT2D eigenvalue weighted by Gasteiger charge is 2.58. The Hall–Kier alpha value is -1.74. The Morgan fingerprint density at radius 2 is 1.41 bits per heavy atom. The van der Waals surface area contributed by atoms with E-state index in [-0.39, 0.29) is 16.1 Å². The molecule has 32 heavy (non-hydrogen) atoms. The van der Waals surface area contributed by atoms with Gasteiger partial charge in [0, 0.05) is 11.3 Å². The maximum absolute atomic E-state index is 13.5. The van der Waals surface area contributed by atoms with Gasteiger partial charge in [-0.2, -0.15) is 0 Å². The molecule has 1 aliphatic carbocycles. The second-order valence-corrected chi connectivity index (χ2v) is 13.4. The summed E-state index contributed by atoms with van der Waals surface area (Å²) >= 11 is 5.55. The van der Waals surface area contributed by atoms with Gasteiger partial charge in [-0.05, 0) is 66.0 Å². The first-order chi connectivity index (χ1) is 15.3. The smallest absolute Gasteiger partial charge is 0.202 e.